The molecule has 1 fully saturated rings. The minimum absolute atomic E-state index is 0. The van der Waals surface area contributed by atoms with Crippen molar-refractivity contribution in [2.75, 3.05) is 5.73 Å². The van der Waals surface area contributed by atoms with Gasteiger partial charge in [-0.25, -0.2) is 19.5 Å². The van der Waals surface area contributed by atoms with E-state index in [2.05, 4.69) is 32.2 Å². The van der Waals surface area contributed by atoms with Gasteiger partial charge in [0.1, 0.15) is 12.4 Å². The van der Waals surface area contributed by atoms with Crippen molar-refractivity contribution in [3.63, 3.8) is 0 Å². The first kappa shape index (κ1) is 15.7. The Morgan fingerprint density at radius 3 is 2.78 bits per heavy atom. The average molecular weight is 362 g/mol. The first-order valence-corrected chi connectivity index (χ1v) is 8.92. The number of rotatable bonds is 5. The average Bonchev–Trinajstić information content (AvgIpc) is 3.48. The molecule has 1 saturated carbocycles. The van der Waals surface area contributed by atoms with Crippen molar-refractivity contribution in [2.24, 2.45) is 5.92 Å². The van der Waals surface area contributed by atoms with Crippen LogP contribution in [0, 0.1) is 5.92 Å². The van der Waals surface area contributed by atoms with E-state index in [1.54, 1.807) is 29.0 Å². The molecule has 3 heterocycles. The first-order valence-electron chi connectivity index (χ1n) is 8.92. The van der Waals surface area contributed by atoms with Gasteiger partial charge in [0.2, 0.25) is 5.88 Å². The summed E-state index contributed by atoms with van der Waals surface area (Å²) >= 11 is 0. The van der Waals surface area contributed by atoms with Crippen LogP contribution in [0.25, 0.3) is 16.9 Å². The SMILES string of the molecule is Nc1nn2cccnc2c1-c1cc(OC(c2ccccc2)C2CC2)ncn1.[HH].[HH]. The summed E-state index contributed by atoms with van der Waals surface area (Å²) in [5, 5.41) is 4.30. The minimum Gasteiger partial charge on any atom is -0.469 e. The van der Waals surface area contributed by atoms with E-state index in [9.17, 15) is 0 Å². The molecule has 1 aliphatic carbocycles. The third-order valence-corrected chi connectivity index (χ3v) is 4.75. The summed E-state index contributed by atoms with van der Waals surface area (Å²) < 4.78 is 7.92. The fraction of sp³-hybridized carbons (Fsp3) is 0.200. The smallest absolute Gasteiger partial charge is 0.217 e. The Morgan fingerprint density at radius 2 is 1.96 bits per heavy atom. The molecule has 0 saturated heterocycles. The zero-order valence-electron chi connectivity index (χ0n) is 14.6. The second-order valence-corrected chi connectivity index (χ2v) is 6.68. The molecule has 5 rings (SSSR count). The Balaban J connectivity index is 0.00000120. The lowest BCUT2D eigenvalue weighted by atomic mass is 10.1. The molecule has 0 spiro atoms. The Morgan fingerprint density at radius 1 is 1.11 bits per heavy atom. The number of ether oxygens (including phenoxy) is 1. The van der Waals surface area contributed by atoms with Gasteiger partial charge in [0, 0.05) is 27.2 Å². The first-order chi connectivity index (χ1) is 13.3. The Labute approximate surface area is 158 Å². The lowest BCUT2D eigenvalue weighted by Gasteiger charge is -2.18. The molecule has 4 aromatic rings. The lowest BCUT2D eigenvalue weighted by Crippen LogP contribution is -2.11. The van der Waals surface area contributed by atoms with Crippen molar-refractivity contribution >= 4 is 11.5 Å². The van der Waals surface area contributed by atoms with Crippen LogP contribution in [-0.4, -0.2) is 24.6 Å². The topological polar surface area (TPSA) is 91.2 Å². The highest BCUT2D eigenvalue weighted by atomic mass is 16.5. The summed E-state index contributed by atoms with van der Waals surface area (Å²) in [4.78, 5) is 13.1. The molecular formula is C20H22N6O. The Kier molecular flexibility index (Phi) is 3.71. The molecular weight excluding hydrogens is 340 g/mol. The van der Waals surface area contributed by atoms with Crippen LogP contribution in [0.2, 0.25) is 0 Å². The summed E-state index contributed by atoms with van der Waals surface area (Å²) in [7, 11) is 0. The Hall–Kier alpha value is -3.48. The van der Waals surface area contributed by atoms with Gasteiger partial charge in [-0.2, -0.15) is 0 Å². The maximum atomic E-state index is 6.28. The van der Waals surface area contributed by atoms with Gasteiger partial charge in [-0.05, 0) is 24.5 Å². The zero-order chi connectivity index (χ0) is 18.2. The maximum Gasteiger partial charge on any atom is 0.217 e. The molecule has 3 aromatic heterocycles. The van der Waals surface area contributed by atoms with E-state index in [0.717, 1.165) is 5.56 Å². The van der Waals surface area contributed by atoms with Crippen LogP contribution < -0.4 is 10.5 Å². The van der Waals surface area contributed by atoms with Gasteiger partial charge in [0.25, 0.3) is 0 Å². The third kappa shape index (κ3) is 2.97. The van der Waals surface area contributed by atoms with Gasteiger partial charge in [0.05, 0.1) is 11.3 Å². The molecule has 1 unspecified atom stereocenters. The van der Waals surface area contributed by atoms with Crippen LogP contribution in [0.4, 0.5) is 5.82 Å². The van der Waals surface area contributed by atoms with Crippen molar-refractivity contribution in [3.8, 4) is 17.1 Å². The molecule has 27 heavy (non-hydrogen) atoms. The number of nitrogen functional groups attached to an aromatic ring is 1. The van der Waals surface area contributed by atoms with Crippen LogP contribution >= 0.6 is 0 Å². The van der Waals surface area contributed by atoms with Gasteiger partial charge >= 0.3 is 0 Å². The van der Waals surface area contributed by atoms with Crippen molar-refractivity contribution < 1.29 is 7.59 Å². The molecule has 138 valence electrons. The summed E-state index contributed by atoms with van der Waals surface area (Å²) in [6.45, 7) is 0. The molecule has 0 radical (unpaired) electrons. The van der Waals surface area contributed by atoms with E-state index in [1.807, 2.05) is 18.2 Å². The predicted molar refractivity (Wildman–Crippen MR) is 105 cm³/mol. The molecule has 2 N–H and O–H groups in total. The lowest BCUT2D eigenvalue weighted by molar-refractivity contribution is 0.173. The zero-order valence-corrected chi connectivity index (χ0v) is 14.6. The van der Waals surface area contributed by atoms with Crippen LogP contribution in [-0.2, 0) is 0 Å². The fourth-order valence-electron chi connectivity index (χ4n) is 3.30. The molecule has 7 nitrogen and oxygen atoms in total. The fourth-order valence-corrected chi connectivity index (χ4v) is 3.30. The van der Waals surface area contributed by atoms with Crippen LogP contribution in [0.5, 0.6) is 5.88 Å². The third-order valence-electron chi connectivity index (χ3n) is 4.75. The summed E-state index contributed by atoms with van der Waals surface area (Å²) in [6.07, 6.45) is 7.33. The quantitative estimate of drug-likeness (QED) is 0.581. The number of anilines is 1. The number of nitrogens with zero attached hydrogens (tertiary/aromatic N) is 5. The van der Waals surface area contributed by atoms with Gasteiger partial charge < -0.3 is 10.5 Å². The molecule has 0 bridgehead atoms. The van der Waals surface area contributed by atoms with Gasteiger partial charge in [-0.3, -0.25) is 0 Å². The normalized spacial score (nSPS) is 15.0. The highest BCUT2D eigenvalue weighted by Gasteiger charge is 2.34. The standard InChI is InChI=1S/C20H18N6O.2H2/c21-19-17(20-22-9-4-10-26(20)25-19)15-11-16(24-12-23-15)27-18(14-7-8-14)13-5-2-1-3-6-13;;/h1-6,9-12,14,18H,7-8H2,(H2,21,25);2*1H. The molecule has 1 aliphatic rings. The minimum atomic E-state index is -0.00618. The monoisotopic (exact) mass is 362 g/mol. The van der Waals surface area contributed by atoms with E-state index in [4.69, 9.17) is 10.5 Å². The second kappa shape index (κ2) is 6.35. The molecule has 7 heteroatoms. The number of benzene rings is 1. The van der Waals surface area contributed by atoms with Gasteiger partial charge in [0.15, 0.2) is 11.5 Å². The largest absolute Gasteiger partial charge is 0.469 e. The molecule has 0 amide bonds. The van der Waals surface area contributed by atoms with Crippen LogP contribution in [0.1, 0.15) is 27.4 Å². The predicted octanol–water partition coefficient (Wildman–Crippen LogP) is 3.79. The summed E-state index contributed by atoms with van der Waals surface area (Å²) in [5.41, 5.74) is 9.26. The number of nitrogens with two attached hydrogens (primary N) is 1. The van der Waals surface area contributed by atoms with E-state index in [0.29, 0.717) is 34.5 Å². The second-order valence-electron chi connectivity index (χ2n) is 6.68. The van der Waals surface area contributed by atoms with E-state index in [-0.39, 0.29) is 8.96 Å². The maximum absolute atomic E-state index is 6.28. The van der Waals surface area contributed by atoms with Crippen LogP contribution in [0.15, 0.2) is 61.2 Å². The van der Waals surface area contributed by atoms with Crippen molar-refractivity contribution in [1.82, 2.24) is 24.6 Å². The number of fused-ring (bicyclic) bond motifs is 1. The summed E-state index contributed by atoms with van der Waals surface area (Å²) in [6, 6.07) is 13.9. The highest BCUT2D eigenvalue weighted by Crippen LogP contribution is 2.43. The number of hydrogen-bond donors (Lipinski definition) is 1. The molecule has 0 aliphatic heterocycles. The van der Waals surface area contributed by atoms with E-state index < -0.39 is 0 Å². The van der Waals surface area contributed by atoms with Crippen LogP contribution in [0.3, 0.4) is 0 Å². The molecule has 1 atom stereocenters. The molecule has 1 aromatic carbocycles. The highest BCUT2D eigenvalue weighted by molar-refractivity contribution is 5.84. The van der Waals surface area contributed by atoms with Gasteiger partial charge in [-0.1, -0.05) is 30.3 Å². The van der Waals surface area contributed by atoms with Gasteiger partial charge in [-0.15, -0.1) is 5.10 Å². The van der Waals surface area contributed by atoms with Crippen molar-refractivity contribution in [3.05, 3.63) is 66.7 Å². The number of aromatic nitrogens is 5. The van der Waals surface area contributed by atoms with Crippen molar-refractivity contribution in [1.29, 1.82) is 0 Å². The summed E-state index contributed by atoms with van der Waals surface area (Å²) in [5.74, 6) is 1.42. The Bertz CT molecular complexity index is 1100. The number of hydrogen-bond acceptors (Lipinski definition) is 6. The van der Waals surface area contributed by atoms with Crippen molar-refractivity contribution in [2.45, 2.75) is 18.9 Å². The van der Waals surface area contributed by atoms with E-state index >= 15 is 0 Å². The van der Waals surface area contributed by atoms with E-state index in [1.165, 1.54) is 19.2 Å².